The summed E-state index contributed by atoms with van der Waals surface area (Å²) in [6.45, 7) is 1.66. The van der Waals surface area contributed by atoms with Crippen molar-refractivity contribution in [2.24, 2.45) is 5.92 Å². The molecule has 1 fully saturated rings. The fraction of sp³-hybridized carbons (Fsp3) is 0.226. The predicted octanol–water partition coefficient (Wildman–Crippen LogP) is 4.67. The lowest BCUT2D eigenvalue weighted by atomic mass is 9.82. The van der Waals surface area contributed by atoms with Gasteiger partial charge in [-0.2, -0.15) is 0 Å². The first-order chi connectivity index (χ1) is 20.3. The molecule has 2 aliphatic rings. The molecule has 3 aromatic carbocycles. The van der Waals surface area contributed by atoms with E-state index in [9.17, 15) is 19.2 Å². The van der Waals surface area contributed by atoms with E-state index in [0.29, 0.717) is 38.3 Å². The van der Waals surface area contributed by atoms with Gasteiger partial charge in [-0.05, 0) is 48.9 Å². The first-order valence-electron chi connectivity index (χ1n) is 13.2. The van der Waals surface area contributed by atoms with Crippen molar-refractivity contribution in [3.63, 3.8) is 0 Å². The number of nitrogens with zero attached hydrogens (tertiary/aromatic N) is 2. The highest BCUT2D eigenvalue weighted by atomic mass is 32.2. The largest absolute Gasteiger partial charge is 0.497 e. The van der Waals surface area contributed by atoms with Gasteiger partial charge in [0.25, 0.3) is 0 Å². The Bertz CT molecular complexity index is 1760. The molecule has 0 unspecified atom stereocenters. The van der Waals surface area contributed by atoms with Crippen LogP contribution in [0, 0.1) is 12.8 Å². The number of thiazole rings is 1. The van der Waals surface area contributed by atoms with Crippen LogP contribution in [0.5, 0.6) is 11.5 Å². The molecule has 6 rings (SSSR count). The fourth-order valence-corrected chi connectivity index (χ4v) is 8.31. The van der Waals surface area contributed by atoms with Crippen molar-refractivity contribution >= 4 is 52.2 Å². The quantitative estimate of drug-likeness (QED) is 0.307. The Morgan fingerprint density at radius 3 is 2.33 bits per heavy atom. The highest BCUT2D eigenvalue weighted by Gasteiger charge is 2.57. The average Bonchev–Trinajstić information content (AvgIpc) is 3.44. The van der Waals surface area contributed by atoms with Crippen LogP contribution in [0.3, 0.4) is 0 Å². The molecule has 42 heavy (non-hydrogen) atoms. The molecule has 0 bridgehead atoms. The zero-order valence-corrected chi connectivity index (χ0v) is 24.7. The third-order valence-corrected chi connectivity index (χ3v) is 10.2. The van der Waals surface area contributed by atoms with Crippen LogP contribution in [0.25, 0.3) is 0 Å². The van der Waals surface area contributed by atoms with Gasteiger partial charge in [-0.25, -0.2) is 4.90 Å². The summed E-state index contributed by atoms with van der Waals surface area (Å²) in [5, 5.41) is 2.59. The molecule has 0 saturated carbocycles. The highest BCUT2D eigenvalue weighted by Crippen LogP contribution is 2.55. The number of rotatable bonds is 7. The number of hydrogen-bond donors (Lipinski definition) is 1. The molecule has 1 N–H and O–H groups in total. The van der Waals surface area contributed by atoms with E-state index >= 15 is 0 Å². The summed E-state index contributed by atoms with van der Waals surface area (Å²) in [6.07, 6.45) is 0. The van der Waals surface area contributed by atoms with Crippen molar-refractivity contribution in [1.82, 2.24) is 4.57 Å². The van der Waals surface area contributed by atoms with Crippen molar-refractivity contribution in [2.45, 2.75) is 29.7 Å². The number of amides is 3. The lowest BCUT2D eigenvalue weighted by Gasteiger charge is -2.31. The summed E-state index contributed by atoms with van der Waals surface area (Å²) in [7, 11) is 3.09. The topological polar surface area (TPSA) is 107 Å². The number of carbonyl (C=O) groups excluding carboxylic acids is 3. The molecule has 4 aromatic rings. The van der Waals surface area contributed by atoms with Crippen molar-refractivity contribution in [3.05, 3.63) is 98.5 Å². The van der Waals surface area contributed by atoms with Gasteiger partial charge in [0.2, 0.25) is 17.7 Å². The number of anilines is 2. The van der Waals surface area contributed by atoms with Gasteiger partial charge in [0.1, 0.15) is 23.3 Å². The molecule has 1 saturated heterocycles. The van der Waals surface area contributed by atoms with Gasteiger partial charge >= 0.3 is 4.87 Å². The number of methoxy groups -OCH3 is 2. The molecule has 2 aliphatic heterocycles. The van der Waals surface area contributed by atoms with Gasteiger partial charge in [0.15, 0.2) is 0 Å². The Hall–Kier alpha value is -4.35. The number of aromatic nitrogens is 1. The number of ether oxygens (including phenoxy) is 2. The molecular weight excluding hydrogens is 574 g/mol. The van der Waals surface area contributed by atoms with Crippen LogP contribution in [-0.4, -0.2) is 41.8 Å². The minimum absolute atomic E-state index is 0.230. The lowest BCUT2D eigenvalue weighted by Crippen LogP contribution is -2.33. The maximum atomic E-state index is 14.1. The normalized spacial score (nSPS) is 19.3. The zero-order valence-electron chi connectivity index (χ0n) is 23.0. The summed E-state index contributed by atoms with van der Waals surface area (Å²) in [5.74, 6) is -1.34. The Morgan fingerprint density at radius 2 is 1.62 bits per heavy atom. The number of fused-ring (bicyclic) bond motifs is 2. The Balaban J connectivity index is 1.43. The van der Waals surface area contributed by atoms with E-state index in [-0.39, 0.29) is 29.1 Å². The van der Waals surface area contributed by atoms with E-state index in [2.05, 4.69) is 5.32 Å². The Labute approximate surface area is 250 Å². The van der Waals surface area contributed by atoms with Gasteiger partial charge in [0, 0.05) is 22.0 Å². The van der Waals surface area contributed by atoms with Crippen molar-refractivity contribution in [3.8, 4) is 11.5 Å². The third-order valence-electron chi connectivity index (χ3n) is 7.57. The number of para-hydroxylation sites is 2. The van der Waals surface area contributed by atoms with Gasteiger partial charge in [0.05, 0.1) is 30.9 Å². The standard InChI is InChI=1S/C31H27N3O6S2/c1-17-8-4-6-10-21(17)32-23(35)16-33-30-27(42-31(33)38)24(20-9-5-7-11-22(20)40-3)25-26(41-30)29(37)34(28(25)36)18-12-14-19(39-2)15-13-18/h4-15,24-26H,16H2,1-3H3,(H,32,35)/t24-,25-,26+/m0/s1. The van der Waals surface area contributed by atoms with Gasteiger partial charge in [-0.1, -0.05) is 59.5 Å². The van der Waals surface area contributed by atoms with E-state index < -0.39 is 17.1 Å². The number of hydrogen-bond acceptors (Lipinski definition) is 8. The molecule has 214 valence electrons. The highest BCUT2D eigenvalue weighted by molar-refractivity contribution is 8.00. The Morgan fingerprint density at radius 1 is 0.905 bits per heavy atom. The molecule has 3 heterocycles. The summed E-state index contributed by atoms with van der Waals surface area (Å²) >= 11 is 2.17. The van der Waals surface area contributed by atoms with E-state index in [1.165, 1.54) is 21.2 Å². The van der Waals surface area contributed by atoms with Crippen LogP contribution in [0.2, 0.25) is 0 Å². The lowest BCUT2D eigenvalue weighted by molar-refractivity contribution is -0.122. The monoisotopic (exact) mass is 601 g/mol. The number of imide groups is 1. The van der Waals surface area contributed by atoms with Crippen LogP contribution in [-0.2, 0) is 20.9 Å². The zero-order chi connectivity index (χ0) is 29.5. The van der Waals surface area contributed by atoms with Crippen LogP contribution >= 0.6 is 23.1 Å². The summed E-state index contributed by atoms with van der Waals surface area (Å²) in [6, 6.07) is 21.5. The van der Waals surface area contributed by atoms with Crippen molar-refractivity contribution in [1.29, 1.82) is 0 Å². The van der Waals surface area contributed by atoms with E-state index in [0.717, 1.165) is 16.9 Å². The first kappa shape index (κ1) is 27.8. The molecule has 0 spiro atoms. The maximum absolute atomic E-state index is 14.1. The second kappa shape index (κ2) is 11.1. The SMILES string of the molecule is COc1ccc(N2C(=O)[C@H]3[C@H](c4ccccc4OC)c4sc(=O)n(CC(=O)Nc5ccccc5C)c4S[C@H]3C2=O)cc1. The summed E-state index contributed by atoms with van der Waals surface area (Å²) in [4.78, 5) is 56.0. The molecule has 3 atom stereocenters. The number of nitrogens with one attached hydrogen (secondary N) is 1. The van der Waals surface area contributed by atoms with Crippen LogP contribution in [0.15, 0.2) is 82.6 Å². The van der Waals surface area contributed by atoms with E-state index in [4.69, 9.17) is 9.47 Å². The summed E-state index contributed by atoms with van der Waals surface area (Å²) in [5.41, 5.74) is 2.70. The van der Waals surface area contributed by atoms with Crippen LogP contribution < -0.4 is 24.6 Å². The second-order valence-electron chi connectivity index (χ2n) is 9.98. The van der Waals surface area contributed by atoms with Crippen molar-refractivity contribution < 1.29 is 23.9 Å². The predicted molar refractivity (Wildman–Crippen MR) is 162 cm³/mol. The minimum Gasteiger partial charge on any atom is -0.497 e. The minimum atomic E-state index is -0.804. The fourth-order valence-electron chi connectivity index (χ4n) is 5.55. The number of carbonyl (C=O) groups is 3. The van der Waals surface area contributed by atoms with E-state index in [1.54, 1.807) is 50.6 Å². The molecule has 1 aromatic heterocycles. The van der Waals surface area contributed by atoms with E-state index in [1.807, 2.05) is 43.3 Å². The molecule has 0 aliphatic carbocycles. The molecule has 0 radical (unpaired) electrons. The number of aryl methyl sites for hydroxylation is 1. The molecule has 11 heteroatoms. The first-order valence-corrected chi connectivity index (χ1v) is 14.9. The molecular formula is C31H27N3O6S2. The third kappa shape index (κ3) is 4.68. The number of benzene rings is 3. The van der Waals surface area contributed by atoms with Crippen molar-refractivity contribution in [2.75, 3.05) is 24.4 Å². The van der Waals surface area contributed by atoms with Crippen LogP contribution in [0.1, 0.15) is 21.9 Å². The second-order valence-corrected chi connectivity index (χ2v) is 12.1. The summed E-state index contributed by atoms with van der Waals surface area (Å²) < 4.78 is 12.3. The smallest absolute Gasteiger partial charge is 0.308 e. The van der Waals surface area contributed by atoms with Gasteiger partial charge in [-0.15, -0.1) is 0 Å². The van der Waals surface area contributed by atoms with Gasteiger partial charge in [-0.3, -0.25) is 23.7 Å². The Kier molecular flexibility index (Phi) is 7.38. The molecule has 9 nitrogen and oxygen atoms in total. The average molecular weight is 602 g/mol. The molecule has 3 amide bonds. The van der Waals surface area contributed by atoms with Gasteiger partial charge < -0.3 is 14.8 Å². The number of thioether (sulfide) groups is 1. The van der Waals surface area contributed by atoms with Crippen LogP contribution in [0.4, 0.5) is 11.4 Å². The maximum Gasteiger partial charge on any atom is 0.308 e.